The zero-order chi connectivity index (χ0) is 12.8. The van der Waals surface area contributed by atoms with Gasteiger partial charge in [-0.15, -0.1) is 0 Å². The Labute approximate surface area is 110 Å². The number of benzene rings is 1. The summed E-state index contributed by atoms with van der Waals surface area (Å²) >= 11 is 0. The van der Waals surface area contributed by atoms with Gasteiger partial charge in [-0.1, -0.05) is 43.7 Å². The highest BCUT2D eigenvalue weighted by molar-refractivity contribution is 5.17. The van der Waals surface area contributed by atoms with E-state index in [0.29, 0.717) is 0 Å². The molecule has 0 saturated carbocycles. The number of hydrogen-bond acceptors (Lipinski definition) is 1. The van der Waals surface area contributed by atoms with Gasteiger partial charge in [0.25, 0.3) is 0 Å². The number of aromatic nitrogens is 1. The molecule has 1 aromatic heterocycles. The lowest BCUT2D eigenvalue weighted by Crippen LogP contribution is -2.15. The highest BCUT2D eigenvalue weighted by Crippen LogP contribution is 2.09. The molecule has 0 radical (unpaired) electrons. The topological polar surface area (TPSA) is 17.0 Å². The van der Waals surface area contributed by atoms with Crippen molar-refractivity contribution in [1.29, 1.82) is 0 Å². The van der Waals surface area contributed by atoms with E-state index in [9.17, 15) is 0 Å². The fourth-order valence-electron chi connectivity index (χ4n) is 2.22. The molecule has 0 amide bonds. The summed E-state index contributed by atoms with van der Waals surface area (Å²) in [6, 6.07) is 15.0. The van der Waals surface area contributed by atoms with E-state index in [-0.39, 0.29) is 0 Å². The van der Waals surface area contributed by atoms with E-state index in [2.05, 4.69) is 66.3 Å². The van der Waals surface area contributed by atoms with Gasteiger partial charge in [0.05, 0.1) is 0 Å². The molecule has 2 heteroatoms. The minimum Gasteiger partial charge on any atom is -0.350 e. The average molecular weight is 242 g/mol. The summed E-state index contributed by atoms with van der Waals surface area (Å²) in [5, 5.41) is 3.49. The Hall–Kier alpha value is -1.54. The van der Waals surface area contributed by atoms with Gasteiger partial charge >= 0.3 is 0 Å². The number of nitrogens with one attached hydrogen (secondary N) is 1. The molecule has 0 aliphatic rings. The average Bonchev–Trinajstić information content (AvgIpc) is 2.73. The van der Waals surface area contributed by atoms with E-state index in [1.54, 1.807) is 0 Å². The minimum atomic E-state index is 0.926. The monoisotopic (exact) mass is 242 g/mol. The second kappa shape index (κ2) is 6.41. The first-order chi connectivity index (χ1) is 8.81. The summed E-state index contributed by atoms with van der Waals surface area (Å²) in [5.74, 6) is 0. The van der Waals surface area contributed by atoms with E-state index < -0.39 is 0 Å². The molecular formula is C16H22N2. The van der Waals surface area contributed by atoms with Crippen molar-refractivity contribution in [1.82, 2.24) is 9.88 Å². The molecule has 96 valence electrons. The highest BCUT2D eigenvalue weighted by Gasteiger charge is 2.03. The summed E-state index contributed by atoms with van der Waals surface area (Å²) in [6.45, 7) is 4.07. The first kappa shape index (κ1) is 12.9. The highest BCUT2D eigenvalue weighted by atomic mass is 15.0. The third kappa shape index (κ3) is 3.23. The summed E-state index contributed by atoms with van der Waals surface area (Å²) in [4.78, 5) is 0. The van der Waals surface area contributed by atoms with E-state index in [1.165, 1.54) is 23.4 Å². The lowest BCUT2D eigenvalue weighted by Gasteiger charge is -2.08. The van der Waals surface area contributed by atoms with Crippen LogP contribution in [0.1, 0.15) is 30.3 Å². The molecule has 0 unspecified atom stereocenters. The fourth-order valence-corrected chi connectivity index (χ4v) is 2.22. The number of hydrogen-bond donors (Lipinski definition) is 1. The van der Waals surface area contributed by atoms with Crippen molar-refractivity contribution in [3.8, 4) is 0 Å². The fraction of sp³-hybridized carbons (Fsp3) is 0.375. The van der Waals surface area contributed by atoms with Crippen LogP contribution in [-0.4, -0.2) is 4.57 Å². The second-order valence-corrected chi connectivity index (χ2v) is 4.71. The van der Waals surface area contributed by atoms with Gasteiger partial charge in [-0.3, -0.25) is 0 Å². The predicted molar refractivity (Wildman–Crippen MR) is 76.4 cm³/mol. The Morgan fingerprint density at radius 1 is 0.944 bits per heavy atom. The van der Waals surface area contributed by atoms with Crippen molar-refractivity contribution in [2.75, 3.05) is 0 Å². The smallest absolute Gasteiger partial charge is 0.0362 e. The Morgan fingerprint density at radius 3 is 2.39 bits per heavy atom. The zero-order valence-corrected chi connectivity index (χ0v) is 11.3. The maximum Gasteiger partial charge on any atom is 0.0362 e. The van der Waals surface area contributed by atoms with E-state index >= 15 is 0 Å². The zero-order valence-electron chi connectivity index (χ0n) is 11.3. The molecule has 0 spiro atoms. The van der Waals surface area contributed by atoms with Crippen molar-refractivity contribution < 1.29 is 0 Å². The largest absolute Gasteiger partial charge is 0.350 e. The summed E-state index contributed by atoms with van der Waals surface area (Å²) in [6.07, 6.45) is 2.37. The van der Waals surface area contributed by atoms with Crippen LogP contribution in [0.25, 0.3) is 0 Å². The van der Waals surface area contributed by atoms with Crippen molar-refractivity contribution in [3.63, 3.8) is 0 Å². The molecule has 0 aliphatic carbocycles. The van der Waals surface area contributed by atoms with Crippen LogP contribution in [-0.2, 0) is 26.6 Å². The van der Waals surface area contributed by atoms with Gasteiger partial charge in [0.15, 0.2) is 0 Å². The molecule has 2 nitrogen and oxygen atoms in total. The third-order valence-electron chi connectivity index (χ3n) is 3.31. The van der Waals surface area contributed by atoms with Crippen LogP contribution in [0, 0.1) is 0 Å². The van der Waals surface area contributed by atoms with Crippen molar-refractivity contribution in [2.24, 2.45) is 7.05 Å². The first-order valence-corrected chi connectivity index (χ1v) is 6.69. The molecular weight excluding hydrogens is 220 g/mol. The van der Waals surface area contributed by atoms with Gasteiger partial charge in [-0.05, 0) is 24.1 Å². The summed E-state index contributed by atoms with van der Waals surface area (Å²) in [7, 11) is 2.16. The Bertz CT molecular complexity index is 471. The molecule has 2 aromatic rings. The van der Waals surface area contributed by atoms with Gasteiger partial charge in [0, 0.05) is 31.5 Å². The quantitative estimate of drug-likeness (QED) is 0.822. The maximum atomic E-state index is 3.49. The van der Waals surface area contributed by atoms with Crippen LogP contribution in [0.2, 0.25) is 0 Å². The third-order valence-corrected chi connectivity index (χ3v) is 3.31. The number of nitrogens with zero attached hydrogens (tertiary/aromatic N) is 1. The molecule has 1 heterocycles. The van der Waals surface area contributed by atoms with Crippen LogP contribution in [0.3, 0.4) is 0 Å². The first-order valence-electron chi connectivity index (χ1n) is 6.69. The van der Waals surface area contributed by atoms with Crippen LogP contribution in [0.4, 0.5) is 0 Å². The predicted octanol–water partition coefficient (Wildman–Crippen LogP) is 3.27. The van der Waals surface area contributed by atoms with Crippen molar-refractivity contribution >= 4 is 0 Å². The van der Waals surface area contributed by atoms with Crippen LogP contribution in [0.15, 0.2) is 42.5 Å². The van der Waals surface area contributed by atoms with Crippen molar-refractivity contribution in [3.05, 3.63) is 59.4 Å². The minimum absolute atomic E-state index is 0.926. The molecule has 1 aromatic carbocycles. The van der Waals surface area contributed by atoms with E-state index in [1.807, 2.05) is 0 Å². The molecule has 18 heavy (non-hydrogen) atoms. The molecule has 0 aliphatic heterocycles. The van der Waals surface area contributed by atoms with Crippen LogP contribution >= 0.6 is 0 Å². The van der Waals surface area contributed by atoms with Gasteiger partial charge in [0.1, 0.15) is 0 Å². The molecule has 0 bridgehead atoms. The molecule has 0 fully saturated rings. The van der Waals surface area contributed by atoms with Gasteiger partial charge < -0.3 is 9.88 Å². The maximum absolute atomic E-state index is 3.49. The normalized spacial score (nSPS) is 10.8. The lowest BCUT2D eigenvalue weighted by atomic mass is 10.2. The van der Waals surface area contributed by atoms with Gasteiger partial charge in [-0.2, -0.15) is 0 Å². The SMILES string of the molecule is CCCc1ccc(CNCc2ccccc2)n1C. The number of rotatable bonds is 6. The second-order valence-electron chi connectivity index (χ2n) is 4.71. The Morgan fingerprint density at radius 2 is 1.67 bits per heavy atom. The van der Waals surface area contributed by atoms with Gasteiger partial charge in [-0.25, -0.2) is 0 Å². The van der Waals surface area contributed by atoms with Crippen LogP contribution < -0.4 is 5.32 Å². The Kier molecular flexibility index (Phi) is 4.59. The Balaban J connectivity index is 1.87. The number of aryl methyl sites for hydroxylation is 1. The standard InChI is InChI=1S/C16H22N2/c1-3-7-15-10-11-16(18(15)2)13-17-12-14-8-5-4-6-9-14/h4-6,8-11,17H,3,7,12-13H2,1-2H3. The molecule has 0 saturated heterocycles. The van der Waals surface area contributed by atoms with Gasteiger partial charge in [0.2, 0.25) is 0 Å². The van der Waals surface area contributed by atoms with Crippen LogP contribution in [0.5, 0.6) is 0 Å². The molecule has 0 atom stereocenters. The molecule has 2 rings (SSSR count). The summed E-state index contributed by atoms with van der Waals surface area (Å²) < 4.78 is 2.31. The van der Waals surface area contributed by atoms with Crippen molar-refractivity contribution in [2.45, 2.75) is 32.9 Å². The van der Waals surface area contributed by atoms with E-state index in [4.69, 9.17) is 0 Å². The summed E-state index contributed by atoms with van der Waals surface area (Å²) in [5.41, 5.74) is 4.11. The van der Waals surface area contributed by atoms with E-state index in [0.717, 1.165) is 19.5 Å². The molecule has 1 N–H and O–H groups in total. The lowest BCUT2D eigenvalue weighted by molar-refractivity contribution is 0.643.